The molecule has 0 saturated carbocycles. The smallest absolute Gasteiger partial charge is 0.201 e. The normalized spacial score (nSPS) is 12.7. The zero-order valence-corrected chi connectivity index (χ0v) is 12.0. The van der Waals surface area contributed by atoms with E-state index in [1.165, 1.54) is 5.56 Å². The van der Waals surface area contributed by atoms with Gasteiger partial charge in [-0.15, -0.1) is 0 Å². The Morgan fingerprint density at radius 2 is 1.90 bits per heavy atom. The van der Waals surface area contributed by atoms with Crippen LogP contribution < -0.4 is 5.73 Å². The fourth-order valence-electron chi connectivity index (χ4n) is 2.61. The van der Waals surface area contributed by atoms with Gasteiger partial charge in [-0.25, -0.2) is 4.98 Å². The van der Waals surface area contributed by atoms with Crippen molar-refractivity contribution in [2.45, 2.75) is 19.4 Å². The van der Waals surface area contributed by atoms with E-state index in [9.17, 15) is 0 Å². The van der Waals surface area contributed by atoms with Gasteiger partial charge in [-0.3, -0.25) is 0 Å². The van der Waals surface area contributed by atoms with E-state index in [4.69, 9.17) is 17.3 Å². The third-order valence-corrected chi connectivity index (χ3v) is 3.82. The van der Waals surface area contributed by atoms with E-state index in [0.29, 0.717) is 11.0 Å². The summed E-state index contributed by atoms with van der Waals surface area (Å²) in [6.07, 6.45) is 0.906. The van der Waals surface area contributed by atoms with Gasteiger partial charge in [0.05, 0.1) is 10.5 Å². The van der Waals surface area contributed by atoms with Crippen LogP contribution in [-0.2, 0) is 6.42 Å². The predicted molar refractivity (Wildman–Crippen MR) is 84.0 cm³/mol. The number of hydrogen-bond donors (Lipinski definition) is 1. The molecule has 2 N–H and O–H groups in total. The molecule has 0 aliphatic carbocycles. The fraction of sp³-hybridized carbons (Fsp3) is 0.188. The van der Waals surface area contributed by atoms with E-state index in [1.54, 1.807) is 0 Å². The second-order valence-electron chi connectivity index (χ2n) is 4.99. The maximum atomic E-state index is 6.18. The van der Waals surface area contributed by atoms with Crippen LogP contribution in [0, 0.1) is 0 Å². The van der Waals surface area contributed by atoms with E-state index in [2.05, 4.69) is 24.0 Å². The molecule has 3 rings (SSSR count). The summed E-state index contributed by atoms with van der Waals surface area (Å²) in [5.41, 5.74) is 9.11. The number of para-hydroxylation sites is 1. The van der Waals surface area contributed by atoms with Crippen LogP contribution in [0.15, 0.2) is 48.5 Å². The van der Waals surface area contributed by atoms with Crippen molar-refractivity contribution in [3.05, 3.63) is 59.1 Å². The topological polar surface area (TPSA) is 43.8 Å². The number of aromatic nitrogens is 2. The van der Waals surface area contributed by atoms with Gasteiger partial charge in [-0.05, 0) is 31.0 Å². The summed E-state index contributed by atoms with van der Waals surface area (Å²) in [4.78, 5) is 4.38. The van der Waals surface area contributed by atoms with Gasteiger partial charge in [0.2, 0.25) is 5.95 Å². The molecule has 0 spiro atoms. The molecule has 0 bridgehead atoms. The Hall–Kier alpha value is -2.00. The van der Waals surface area contributed by atoms with Crippen molar-refractivity contribution in [2.75, 3.05) is 5.73 Å². The summed E-state index contributed by atoms with van der Waals surface area (Å²) in [7, 11) is 0. The van der Waals surface area contributed by atoms with Crippen LogP contribution in [0.25, 0.3) is 11.0 Å². The highest BCUT2D eigenvalue weighted by atomic mass is 35.5. The van der Waals surface area contributed by atoms with Gasteiger partial charge in [-0.1, -0.05) is 48.0 Å². The first kappa shape index (κ1) is 13.0. The quantitative estimate of drug-likeness (QED) is 0.788. The van der Waals surface area contributed by atoms with Gasteiger partial charge in [-0.2, -0.15) is 0 Å². The number of fused-ring (bicyclic) bond motifs is 1. The first-order chi connectivity index (χ1) is 9.66. The Morgan fingerprint density at radius 1 is 1.15 bits per heavy atom. The molecule has 0 aliphatic heterocycles. The fourth-order valence-corrected chi connectivity index (χ4v) is 2.82. The first-order valence-corrected chi connectivity index (χ1v) is 7.00. The van der Waals surface area contributed by atoms with Gasteiger partial charge < -0.3 is 10.3 Å². The highest BCUT2D eigenvalue weighted by Gasteiger charge is 2.15. The van der Waals surface area contributed by atoms with E-state index in [0.717, 1.165) is 17.5 Å². The summed E-state index contributed by atoms with van der Waals surface area (Å²) in [6.45, 7) is 2.14. The van der Waals surface area contributed by atoms with Crippen molar-refractivity contribution in [2.24, 2.45) is 0 Å². The largest absolute Gasteiger partial charge is 0.369 e. The van der Waals surface area contributed by atoms with Crippen LogP contribution in [0.3, 0.4) is 0 Å². The average molecular weight is 286 g/mol. The van der Waals surface area contributed by atoms with E-state index in [1.807, 2.05) is 41.0 Å². The Labute approximate surface area is 123 Å². The molecule has 1 aromatic heterocycles. The predicted octanol–water partition coefficient (Wildman–Crippen LogP) is 4.08. The molecule has 102 valence electrons. The number of imidazole rings is 1. The molecule has 0 saturated heterocycles. The third kappa shape index (κ3) is 2.25. The number of nitrogens with two attached hydrogens (primary N) is 1. The van der Waals surface area contributed by atoms with Crippen molar-refractivity contribution in [1.82, 2.24) is 9.55 Å². The van der Waals surface area contributed by atoms with Crippen LogP contribution in [-0.4, -0.2) is 9.55 Å². The van der Waals surface area contributed by atoms with Gasteiger partial charge >= 0.3 is 0 Å². The summed E-state index contributed by atoms with van der Waals surface area (Å²) >= 11 is 6.18. The van der Waals surface area contributed by atoms with Gasteiger partial charge in [0.15, 0.2) is 0 Å². The molecular formula is C16H16ClN3. The highest BCUT2D eigenvalue weighted by molar-refractivity contribution is 6.35. The lowest BCUT2D eigenvalue weighted by Gasteiger charge is -2.16. The molecule has 1 unspecified atom stereocenters. The Balaban J connectivity index is 2.01. The zero-order valence-electron chi connectivity index (χ0n) is 11.3. The van der Waals surface area contributed by atoms with Gasteiger partial charge in [0.25, 0.3) is 0 Å². The van der Waals surface area contributed by atoms with Crippen molar-refractivity contribution >= 4 is 28.6 Å². The minimum atomic E-state index is 0.223. The SMILES string of the molecule is CC(Cc1ccccc1)n1c(N)nc2c(Cl)cccc21. The first-order valence-electron chi connectivity index (χ1n) is 6.62. The molecule has 3 aromatic rings. The number of hydrogen-bond acceptors (Lipinski definition) is 2. The number of rotatable bonds is 3. The summed E-state index contributed by atoms with van der Waals surface area (Å²) in [5, 5.41) is 0.639. The lowest BCUT2D eigenvalue weighted by molar-refractivity contribution is 0.567. The van der Waals surface area contributed by atoms with Gasteiger partial charge in [0.1, 0.15) is 5.52 Å². The Morgan fingerprint density at radius 3 is 2.65 bits per heavy atom. The minimum absolute atomic E-state index is 0.223. The lowest BCUT2D eigenvalue weighted by Crippen LogP contribution is -2.11. The third-order valence-electron chi connectivity index (χ3n) is 3.51. The molecule has 3 nitrogen and oxygen atoms in total. The molecule has 4 heteroatoms. The summed E-state index contributed by atoms with van der Waals surface area (Å²) in [6, 6.07) is 16.4. The maximum absolute atomic E-state index is 6.18. The molecule has 1 atom stereocenters. The van der Waals surface area contributed by atoms with E-state index >= 15 is 0 Å². The number of nitrogen functional groups attached to an aromatic ring is 1. The molecule has 0 aliphatic rings. The van der Waals surface area contributed by atoms with Crippen LogP contribution in [0.4, 0.5) is 5.95 Å². The Kier molecular flexibility index (Phi) is 3.36. The van der Waals surface area contributed by atoms with Crippen LogP contribution in [0.2, 0.25) is 5.02 Å². The molecule has 2 aromatic carbocycles. The second-order valence-corrected chi connectivity index (χ2v) is 5.39. The van der Waals surface area contributed by atoms with Crippen molar-refractivity contribution in [3.63, 3.8) is 0 Å². The number of halogens is 1. The molecule has 20 heavy (non-hydrogen) atoms. The lowest BCUT2D eigenvalue weighted by atomic mass is 10.1. The van der Waals surface area contributed by atoms with Crippen LogP contribution in [0.5, 0.6) is 0 Å². The number of anilines is 1. The highest BCUT2D eigenvalue weighted by Crippen LogP contribution is 2.29. The number of benzene rings is 2. The van der Waals surface area contributed by atoms with E-state index in [-0.39, 0.29) is 6.04 Å². The molecule has 0 amide bonds. The number of nitrogens with zero attached hydrogens (tertiary/aromatic N) is 2. The standard InChI is InChI=1S/C16H16ClN3/c1-11(10-12-6-3-2-4-7-12)20-14-9-5-8-13(17)15(14)19-16(20)18/h2-9,11H,10H2,1H3,(H2,18,19). The average Bonchev–Trinajstić information content (AvgIpc) is 2.78. The van der Waals surface area contributed by atoms with E-state index < -0.39 is 0 Å². The maximum Gasteiger partial charge on any atom is 0.201 e. The Bertz CT molecular complexity index is 734. The molecule has 1 heterocycles. The zero-order chi connectivity index (χ0) is 14.1. The van der Waals surface area contributed by atoms with Crippen LogP contribution >= 0.6 is 11.6 Å². The summed E-state index contributed by atoms with van der Waals surface area (Å²) < 4.78 is 2.05. The minimum Gasteiger partial charge on any atom is -0.369 e. The molecular weight excluding hydrogens is 270 g/mol. The monoisotopic (exact) mass is 285 g/mol. The molecule has 0 radical (unpaired) electrons. The van der Waals surface area contributed by atoms with Crippen LogP contribution in [0.1, 0.15) is 18.5 Å². The van der Waals surface area contributed by atoms with Crippen molar-refractivity contribution in [3.8, 4) is 0 Å². The summed E-state index contributed by atoms with van der Waals surface area (Å²) in [5.74, 6) is 0.511. The van der Waals surface area contributed by atoms with Crippen molar-refractivity contribution < 1.29 is 0 Å². The second kappa shape index (κ2) is 5.17. The molecule has 0 fully saturated rings. The van der Waals surface area contributed by atoms with Crippen molar-refractivity contribution in [1.29, 1.82) is 0 Å². The van der Waals surface area contributed by atoms with Gasteiger partial charge in [0, 0.05) is 6.04 Å².